The average Bonchev–Trinajstić information content (AvgIpc) is 2.86. The van der Waals surface area contributed by atoms with Crippen molar-refractivity contribution in [2.24, 2.45) is 0 Å². The van der Waals surface area contributed by atoms with Crippen molar-refractivity contribution in [1.82, 2.24) is 5.32 Å². The Morgan fingerprint density at radius 2 is 1.65 bits per heavy atom. The number of nitrogens with zero attached hydrogens (tertiary/aromatic N) is 1. The highest BCUT2D eigenvalue weighted by Gasteiger charge is 2.36. The minimum absolute atomic E-state index is 0.00812. The van der Waals surface area contributed by atoms with Crippen molar-refractivity contribution in [2.75, 3.05) is 11.4 Å². The summed E-state index contributed by atoms with van der Waals surface area (Å²) in [6.07, 6.45) is 0.777. The Hall–Kier alpha value is -3.45. The van der Waals surface area contributed by atoms with Gasteiger partial charge in [0, 0.05) is 12.1 Å². The fourth-order valence-electron chi connectivity index (χ4n) is 3.61. The molecular formula is C24H22N2O4S. The van der Waals surface area contributed by atoms with E-state index in [0.29, 0.717) is 12.1 Å². The minimum atomic E-state index is -3.95. The maximum Gasteiger partial charge on any atom is 0.259 e. The Labute approximate surface area is 181 Å². The van der Waals surface area contributed by atoms with Crippen LogP contribution in [0.3, 0.4) is 0 Å². The molecule has 158 valence electrons. The van der Waals surface area contributed by atoms with Crippen molar-refractivity contribution in [1.29, 1.82) is 0 Å². The van der Waals surface area contributed by atoms with Gasteiger partial charge < -0.3 is 10.2 Å². The fourth-order valence-corrected chi connectivity index (χ4v) is 5.24. The molecule has 0 bridgehead atoms. The number of benzene rings is 3. The Morgan fingerprint density at radius 3 is 2.39 bits per heavy atom. The van der Waals surface area contributed by atoms with Crippen LogP contribution >= 0.6 is 0 Å². The monoisotopic (exact) mass is 434 g/mol. The smallest absolute Gasteiger partial charge is 0.259 e. The van der Waals surface area contributed by atoms with E-state index in [1.165, 1.54) is 35.2 Å². The van der Waals surface area contributed by atoms with Gasteiger partial charge in [0.2, 0.25) is 9.84 Å². The third-order valence-corrected chi connectivity index (χ3v) is 7.03. The van der Waals surface area contributed by atoms with E-state index in [-0.39, 0.29) is 33.5 Å². The second-order valence-corrected chi connectivity index (χ2v) is 9.20. The first kappa shape index (κ1) is 20.8. The Kier molecular flexibility index (Phi) is 5.61. The molecule has 0 saturated heterocycles. The molecule has 3 aromatic carbocycles. The molecule has 7 heteroatoms. The van der Waals surface area contributed by atoms with E-state index in [0.717, 1.165) is 12.0 Å². The Bertz CT molecular complexity index is 1250. The first-order valence-electron chi connectivity index (χ1n) is 10.1. The number of nitrogens with one attached hydrogen (secondary N) is 1. The van der Waals surface area contributed by atoms with Crippen LogP contribution in [0.4, 0.5) is 5.69 Å². The summed E-state index contributed by atoms with van der Waals surface area (Å²) < 4.78 is 26.9. The van der Waals surface area contributed by atoms with E-state index in [4.69, 9.17) is 0 Å². The predicted octanol–water partition coefficient (Wildman–Crippen LogP) is 3.82. The molecule has 0 unspecified atom stereocenters. The van der Waals surface area contributed by atoms with Gasteiger partial charge in [0.15, 0.2) is 0 Å². The number of sulfone groups is 1. The molecule has 1 aliphatic heterocycles. The van der Waals surface area contributed by atoms with Gasteiger partial charge in [-0.2, -0.15) is 0 Å². The quantitative estimate of drug-likeness (QED) is 0.662. The highest BCUT2D eigenvalue weighted by molar-refractivity contribution is 7.91. The van der Waals surface area contributed by atoms with Crippen molar-refractivity contribution in [3.05, 3.63) is 89.5 Å². The van der Waals surface area contributed by atoms with Crippen molar-refractivity contribution in [2.45, 2.75) is 29.7 Å². The second kappa shape index (κ2) is 8.35. The number of amides is 2. The van der Waals surface area contributed by atoms with Crippen LogP contribution in [-0.4, -0.2) is 26.8 Å². The third-order valence-electron chi connectivity index (χ3n) is 5.17. The first-order valence-corrected chi connectivity index (χ1v) is 11.5. The number of hydrogen-bond acceptors (Lipinski definition) is 4. The summed E-state index contributed by atoms with van der Waals surface area (Å²) >= 11 is 0. The molecule has 1 aliphatic rings. The van der Waals surface area contributed by atoms with Crippen LogP contribution in [0.25, 0.3) is 0 Å². The molecule has 0 radical (unpaired) electrons. The van der Waals surface area contributed by atoms with Crippen molar-refractivity contribution >= 4 is 27.3 Å². The van der Waals surface area contributed by atoms with E-state index in [2.05, 4.69) is 5.32 Å². The van der Waals surface area contributed by atoms with Crippen LogP contribution in [-0.2, 0) is 16.4 Å². The lowest BCUT2D eigenvalue weighted by Gasteiger charge is -2.23. The van der Waals surface area contributed by atoms with Crippen molar-refractivity contribution in [3.8, 4) is 0 Å². The van der Waals surface area contributed by atoms with Crippen LogP contribution in [0, 0.1) is 0 Å². The van der Waals surface area contributed by atoms with E-state index in [1.54, 1.807) is 12.1 Å². The lowest BCUT2D eigenvalue weighted by Crippen LogP contribution is -2.31. The molecule has 3 aromatic rings. The molecule has 2 amide bonds. The molecule has 6 nitrogen and oxygen atoms in total. The Morgan fingerprint density at radius 1 is 0.935 bits per heavy atom. The van der Waals surface area contributed by atoms with Gasteiger partial charge >= 0.3 is 0 Å². The van der Waals surface area contributed by atoms with Crippen LogP contribution < -0.4 is 10.2 Å². The van der Waals surface area contributed by atoms with Crippen LogP contribution in [0.1, 0.15) is 39.6 Å². The number of carbonyl (C=O) groups excluding carboxylic acids is 2. The number of rotatable bonds is 5. The van der Waals surface area contributed by atoms with Gasteiger partial charge in [-0.15, -0.1) is 0 Å². The predicted molar refractivity (Wildman–Crippen MR) is 118 cm³/mol. The van der Waals surface area contributed by atoms with Gasteiger partial charge in [-0.05, 0) is 42.3 Å². The number of fused-ring (bicyclic) bond motifs is 2. The van der Waals surface area contributed by atoms with E-state index < -0.39 is 15.7 Å². The molecule has 0 aliphatic carbocycles. The number of carbonyl (C=O) groups is 2. The lowest BCUT2D eigenvalue weighted by molar-refractivity contribution is 0.0950. The summed E-state index contributed by atoms with van der Waals surface area (Å²) in [7, 11) is -3.95. The standard InChI is InChI=1S/C24H22N2O4S/c1-2-14-25-23(27)18-12-13-22-20(15-18)26(16-17-8-4-3-5-9-17)24(28)19-10-6-7-11-21(19)31(22,29)30/h3-13,15H,2,14,16H2,1H3,(H,25,27). The molecule has 0 saturated carbocycles. The third kappa shape index (κ3) is 3.84. The molecule has 31 heavy (non-hydrogen) atoms. The summed E-state index contributed by atoms with van der Waals surface area (Å²) in [6, 6.07) is 19.9. The Balaban J connectivity index is 1.92. The molecule has 4 rings (SSSR count). The summed E-state index contributed by atoms with van der Waals surface area (Å²) in [5.74, 6) is -0.733. The highest BCUT2D eigenvalue weighted by Crippen LogP contribution is 2.38. The van der Waals surface area contributed by atoms with Crippen molar-refractivity contribution < 1.29 is 18.0 Å². The fraction of sp³-hybridized carbons (Fsp3) is 0.167. The normalized spacial score (nSPS) is 14.4. The highest BCUT2D eigenvalue weighted by atomic mass is 32.2. The van der Waals surface area contributed by atoms with Gasteiger partial charge in [-0.25, -0.2) is 8.42 Å². The van der Waals surface area contributed by atoms with E-state index in [1.807, 2.05) is 37.3 Å². The lowest BCUT2D eigenvalue weighted by atomic mass is 10.1. The van der Waals surface area contributed by atoms with Crippen molar-refractivity contribution in [3.63, 3.8) is 0 Å². The molecule has 0 atom stereocenters. The largest absolute Gasteiger partial charge is 0.352 e. The molecule has 1 N–H and O–H groups in total. The van der Waals surface area contributed by atoms with E-state index >= 15 is 0 Å². The summed E-state index contributed by atoms with van der Waals surface area (Å²) in [6.45, 7) is 2.63. The summed E-state index contributed by atoms with van der Waals surface area (Å²) in [5, 5.41) is 2.79. The zero-order chi connectivity index (χ0) is 22.0. The molecule has 0 spiro atoms. The van der Waals surface area contributed by atoms with Crippen LogP contribution in [0.15, 0.2) is 82.6 Å². The van der Waals surface area contributed by atoms with Crippen LogP contribution in [0.2, 0.25) is 0 Å². The number of anilines is 1. The number of hydrogen-bond donors (Lipinski definition) is 1. The van der Waals surface area contributed by atoms with Gasteiger partial charge in [-0.3, -0.25) is 9.59 Å². The second-order valence-electron chi connectivity index (χ2n) is 7.31. The van der Waals surface area contributed by atoms with Gasteiger partial charge in [-0.1, -0.05) is 49.4 Å². The van der Waals surface area contributed by atoms with E-state index in [9.17, 15) is 18.0 Å². The van der Waals surface area contributed by atoms with Crippen LogP contribution in [0.5, 0.6) is 0 Å². The van der Waals surface area contributed by atoms with Gasteiger partial charge in [0.25, 0.3) is 11.8 Å². The topological polar surface area (TPSA) is 83.6 Å². The first-order chi connectivity index (χ1) is 14.9. The molecule has 0 aromatic heterocycles. The molecule has 0 fully saturated rings. The zero-order valence-corrected chi connectivity index (χ0v) is 17.9. The van der Waals surface area contributed by atoms with Gasteiger partial charge in [0.1, 0.15) is 0 Å². The summed E-state index contributed by atoms with van der Waals surface area (Å²) in [5.41, 5.74) is 1.47. The maximum absolute atomic E-state index is 13.5. The SMILES string of the molecule is CCCNC(=O)c1ccc2c(c1)N(Cc1ccccc1)C(=O)c1ccccc1S2(=O)=O. The van der Waals surface area contributed by atoms with Gasteiger partial charge in [0.05, 0.1) is 27.6 Å². The maximum atomic E-state index is 13.5. The molecular weight excluding hydrogens is 412 g/mol. The average molecular weight is 435 g/mol. The molecule has 1 heterocycles. The zero-order valence-electron chi connectivity index (χ0n) is 17.0. The summed E-state index contributed by atoms with van der Waals surface area (Å²) in [4.78, 5) is 27.5. The minimum Gasteiger partial charge on any atom is -0.352 e.